The summed E-state index contributed by atoms with van der Waals surface area (Å²) < 4.78 is 1.60. The third-order valence-corrected chi connectivity index (χ3v) is 4.17. The summed E-state index contributed by atoms with van der Waals surface area (Å²) in [5.41, 5.74) is 5.85. The Hall–Kier alpha value is -3.06. The summed E-state index contributed by atoms with van der Waals surface area (Å²) in [6, 6.07) is 9.70. The summed E-state index contributed by atoms with van der Waals surface area (Å²) in [7, 11) is 4.04. The molecule has 3 aromatic rings. The first-order valence-electron chi connectivity index (χ1n) is 9.17. The number of hydrogen-bond acceptors (Lipinski definition) is 5. The number of nitrogens with zero attached hydrogens (tertiary/aromatic N) is 5. The lowest BCUT2D eigenvalue weighted by Crippen LogP contribution is -2.15. The van der Waals surface area contributed by atoms with Gasteiger partial charge in [-0.15, -0.1) is 0 Å². The minimum Gasteiger partial charge on any atom is -0.321 e. The van der Waals surface area contributed by atoms with Crippen LogP contribution in [0.5, 0.6) is 0 Å². The molecule has 7 heteroatoms. The molecule has 0 unspecified atom stereocenters. The average molecular weight is 378 g/mol. The van der Waals surface area contributed by atoms with Gasteiger partial charge in [0.15, 0.2) is 5.69 Å². The second kappa shape index (κ2) is 7.90. The zero-order valence-electron chi connectivity index (χ0n) is 17.2. The van der Waals surface area contributed by atoms with Crippen molar-refractivity contribution in [2.75, 3.05) is 19.4 Å². The molecule has 1 amide bonds. The molecule has 2 heterocycles. The Morgan fingerprint density at radius 2 is 1.68 bits per heavy atom. The van der Waals surface area contributed by atoms with Crippen molar-refractivity contribution in [1.29, 1.82) is 0 Å². The van der Waals surface area contributed by atoms with E-state index in [0.717, 1.165) is 40.4 Å². The van der Waals surface area contributed by atoms with E-state index in [1.165, 1.54) is 0 Å². The van der Waals surface area contributed by atoms with Gasteiger partial charge in [0.2, 0.25) is 0 Å². The van der Waals surface area contributed by atoms with Gasteiger partial charge < -0.3 is 10.2 Å². The van der Waals surface area contributed by atoms with Crippen LogP contribution in [-0.2, 0) is 6.54 Å². The molecule has 0 radical (unpaired) electrons. The van der Waals surface area contributed by atoms with Crippen LogP contribution >= 0.6 is 0 Å². The molecule has 3 rings (SSSR count). The summed E-state index contributed by atoms with van der Waals surface area (Å²) in [6.07, 6.45) is 0. The van der Waals surface area contributed by atoms with E-state index in [2.05, 4.69) is 31.3 Å². The van der Waals surface area contributed by atoms with Crippen LogP contribution in [0.25, 0.3) is 5.95 Å². The van der Waals surface area contributed by atoms with Gasteiger partial charge in [-0.3, -0.25) is 4.79 Å². The van der Waals surface area contributed by atoms with E-state index < -0.39 is 0 Å². The molecular formula is C21H26N6O. The third-order valence-electron chi connectivity index (χ3n) is 4.17. The molecule has 28 heavy (non-hydrogen) atoms. The Labute approximate surface area is 165 Å². The van der Waals surface area contributed by atoms with Crippen LogP contribution in [0, 0.1) is 27.7 Å². The van der Waals surface area contributed by atoms with E-state index in [4.69, 9.17) is 0 Å². The largest absolute Gasteiger partial charge is 0.321 e. The van der Waals surface area contributed by atoms with Crippen LogP contribution in [0.15, 0.2) is 30.3 Å². The van der Waals surface area contributed by atoms with Crippen molar-refractivity contribution in [3.8, 4) is 5.95 Å². The van der Waals surface area contributed by atoms with Crippen molar-refractivity contribution in [1.82, 2.24) is 24.6 Å². The van der Waals surface area contributed by atoms with Gasteiger partial charge in [-0.25, -0.2) is 14.6 Å². The maximum atomic E-state index is 12.8. The minimum absolute atomic E-state index is 0.257. The normalized spacial score (nSPS) is 11.1. The number of benzene rings is 1. The summed E-state index contributed by atoms with van der Waals surface area (Å²) >= 11 is 0. The molecule has 1 aromatic carbocycles. The number of amides is 1. The highest BCUT2D eigenvalue weighted by Gasteiger charge is 2.16. The van der Waals surface area contributed by atoms with Crippen molar-refractivity contribution < 1.29 is 4.79 Å². The highest BCUT2D eigenvalue weighted by atomic mass is 16.2. The monoisotopic (exact) mass is 378 g/mol. The Morgan fingerprint density at radius 3 is 2.32 bits per heavy atom. The molecule has 0 aliphatic carbocycles. The zero-order chi connectivity index (χ0) is 20.4. The summed E-state index contributed by atoms with van der Waals surface area (Å²) in [5.74, 6) is 0.213. The van der Waals surface area contributed by atoms with Gasteiger partial charge in [0.05, 0.1) is 0 Å². The predicted octanol–water partition coefficient (Wildman–Crippen LogP) is 3.21. The van der Waals surface area contributed by atoms with Crippen molar-refractivity contribution in [3.05, 3.63) is 64.2 Å². The molecule has 2 aromatic heterocycles. The Balaban J connectivity index is 1.85. The maximum absolute atomic E-state index is 12.8. The molecule has 0 saturated heterocycles. The Bertz CT molecular complexity index is 1000. The number of carbonyl (C=O) groups is 1. The van der Waals surface area contributed by atoms with Crippen LogP contribution in [-0.4, -0.2) is 44.7 Å². The highest BCUT2D eigenvalue weighted by Crippen LogP contribution is 2.17. The number of aryl methyl sites for hydroxylation is 4. The standard InChI is InChI=1S/C21H26N6O/c1-13-7-17(12-26(5)6)11-18(8-13)24-20(28)19-10-16(4)27(25-19)21-22-14(2)9-15(3)23-21/h7-11H,12H2,1-6H3,(H,24,28). The van der Waals surface area contributed by atoms with E-state index in [9.17, 15) is 4.79 Å². The minimum atomic E-state index is -0.257. The fourth-order valence-electron chi connectivity index (χ4n) is 3.18. The van der Waals surface area contributed by atoms with Crippen LogP contribution in [0.1, 0.15) is 38.7 Å². The predicted molar refractivity (Wildman–Crippen MR) is 110 cm³/mol. The quantitative estimate of drug-likeness (QED) is 0.738. The van der Waals surface area contributed by atoms with Gasteiger partial charge in [-0.2, -0.15) is 5.10 Å². The van der Waals surface area contributed by atoms with E-state index in [0.29, 0.717) is 11.6 Å². The second-order valence-corrected chi connectivity index (χ2v) is 7.43. The SMILES string of the molecule is Cc1cc(CN(C)C)cc(NC(=O)c2cc(C)n(-c3nc(C)cc(C)n3)n2)c1. The Morgan fingerprint density at radius 1 is 1.00 bits per heavy atom. The molecule has 0 spiro atoms. The highest BCUT2D eigenvalue weighted by molar-refractivity contribution is 6.03. The zero-order valence-corrected chi connectivity index (χ0v) is 17.2. The van der Waals surface area contributed by atoms with Crippen molar-refractivity contribution >= 4 is 11.6 Å². The van der Waals surface area contributed by atoms with E-state index in [-0.39, 0.29) is 5.91 Å². The molecule has 146 valence electrons. The number of carbonyl (C=O) groups excluding carboxylic acids is 1. The van der Waals surface area contributed by atoms with Crippen LogP contribution in [0.4, 0.5) is 5.69 Å². The Kier molecular flexibility index (Phi) is 5.56. The third kappa shape index (κ3) is 4.61. The molecule has 0 saturated carbocycles. The summed E-state index contributed by atoms with van der Waals surface area (Å²) in [5, 5.41) is 7.38. The van der Waals surface area contributed by atoms with Gasteiger partial charge in [0, 0.05) is 29.3 Å². The van der Waals surface area contributed by atoms with Gasteiger partial charge in [0.1, 0.15) is 0 Å². The first-order valence-corrected chi connectivity index (χ1v) is 9.17. The molecule has 7 nitrogen and oxygen atoms in total. The number of anilines is 1. The second-order valence-electron chi connectivity index (χ2n) is 7.43. The first kappa shape index (κ1) is 19.7. The van der Waals surface area contributed by atoms with E-state index in [1.807, 2.05) is 60.0 Å². The van der Waals surface area contributed by atoms with Gasteiger partial charge in [0.25, 0.3) is 11.9 Å². The van der Waals surface area contributed by atoms with Gasteiger partial charge in [-0.1, -0.05) is 6.07 Å². The molecule has 0 fully saturated rings. The number of nitrogens with one attached hydrogen (secondary N) is 1. The lowest BCUT2D eigenvalue weighted by molar-refractivity contribution is 0.102. The lowest BCUT2D eigenvalue weighted by Gasteiger charge is -2.12. The summed E-state index contributed by atoms with van der Waals surface area (Å²) in [6.45, 7) is 8.53. The first-order chi connectivity index (χ1) is 13.2. The lowest BCUT2D eigenvalue weighted by atomic mass is 10.1. The molecule has 0 aliphatic heterocycles. The molecular weight excluding hydrogens is 352 g/mol. The van der Waals surface area contributed by atoms with Gasteiger partial charge in [-0.05, 0) is 77.2 Å². The van der Waals surface area contributed by atoms with Gasteiger partial charge >= 0.3 is 0 Å². The fourth-order valence-corrected chi connectivity index (χ4v) is 3.18. The number of hydrogen-bond donors (Lipinski definition) is 1. The van der Waals surface area contributed by atoms with Crippen molar-refractivity contribution in [2.24, 2.45) is 0 Å². The smallest absolute Gasteiger partial charge is 0.276 e. The van der Waals surface area contributed by atoms with E-state index in [1.54, 1.807) is 10.7 Å². The van der Waals surface area contributed by atoms with Crippen molar-refractivity contribution in [3.63, 3.8) is 0 Å². The molecule has 0 atom stereocenters. The maximum Gasteiger partial charge on any atom is 0.276 e. The van der Waals surface area contributed by atoms with Crippen LogP contribution < -0.4 is 5.32 Å². The van der Waals surface area contributed by atoms with Crippen LogP contribution in [0.2, 0.25) is 0 Å². The molecule has 0 aliphatic rings. The molecule has 0 bridgehead atoms. The fraction of sp³-hybridized carbons (Fsp3) is 0.333. The van der Waals surface area contributed by atoms with E-state index >= 15 is 0 Å². The molecule has 1 N–H and O–H groups in total. The topological polar surface area (TPSA) is 75.9 Å². The van der Waals surface area contributed by atoms with Crippen molar-refractivity contribution in [2.45, 2.75) is 34.2 Å². The number of aromatic nitrogens is 4. The number of rotatable bonds is 5. The van der Waals surface area contributed by atoms with Crippen LogP contribution in [0.3, 0.4) is 0 Å². The summed E-state index contributed by atoms with van der Waals surface area (Å²) in [4.78, 5) is 23.7. The average Bonchev–Trinajstić information content (AvgIpc) is 2.94.